The smallest absolute Gasteiger partial charge is 0.0642 e. The van der Waals surface area contributed by atoms with Crippen LogP contribution in [-0.4, -0.2) is 37.1 Å². The van der Waals surface area contributed by atoms with Gasteiger partial charge in [0.05, 0.1) is 10.7 Å². The van der Waals surface area contributed by atoms with Gasteiger partial charge in [0.15, 0.2) is 0 Å². The summed E-state index contributed by atoms with van der Waals surface area (Å²) in [6.07, 6.45) is 1.21. The lowest BCUT2D eigenvalue weighted by molar-refractivity contribution is 0.193. The summed E-state index contributed by atoms with van der Waals surface area (Å²) in [5, 5.41) is 0.819. The number of rotatable bonds is 4. The van der Waals surface area contributed by atoms with E-state index in [1.165, 1.54) is 6.42 Å². The van der Waals surface area contributed by atoms with Crippen molar-refractivity contribution in [2.24, 2.45) is 5.73 Å². The van der Waals surface area contributed by atoms with Crippen molar-refractivity contribution in [2.75, 3.05) is 31.1 Å². The molecule has 1 atom stereocenters. The minimum atomic E-state index is 0.543. The highest BCUT2D eigenvalue weighted by molar-refractivity contribution is 6.33. The van der Waals surface area contributed by atoms with E-state index >= 15 is 0 Å². The Kier molecular flexibility index (Phi) is 5.08. The highest BCUT2D eigenvalue weighted by Gasteiger charge is 2.21. The van der Waals surface area contributed by atoms with Gasteiger partial charge in [0.2, 0.25) is 0 Å². The summed E-state index contributed by atoms with van der Waals surface area (Å²) < 4.78 is 0. The van der Waals surface area contributed by atoms with Crippen LogP contribution in [-0.2, 0) is 6.54 Å². The van der Waals surface area contributed by atoms with Crippen molar-refractivity contribution in [3.63, 3.8) is 0 Å². The molecule has 0 radical (unpaired) electrons. The molecule has 3 nitrogen and oxygen atoms in total. The molecule has 1 aliphatic heterocycles. The Morgan fingerprint density at radius 3 is 2.47 bits per heavy atom. The Balaban J connectivity index is 2.01. The zero-order valence-electron chi connectivity index (χ0n) is 11.9. The summed E-state index contributed by atoms with van der Waals surface area (Å²) in [4.78, 5) is 4.93. The molecule has 0 amide bonds. The summed E-state index contributed by atoms with van der Waals surface area (Å²) in [6, 6.07) is 6.83. The molecule has 1 aromatic carbocycles. The maximum absolute atomic E-state index is 6.36. The summed E-state index contributed by atoms with van der Waals surface area (Å²) in [5.74, 6) is 0. The number of hydrogen-bond donors (Lipinski definition) is 1. The first kappa shape index (κ1) is 14.6. The second-order valence-corrected chi connectivity index (χ2v) is 5.68. The van der Waals surface area contributed by atoms with Crippen LogP contribution in [0.1, 0.15) is 25.8 Å². The molecule has 0 bridgehead atoms. The van der Waals surface area contributed by atoms with E-state index in [0.29, 0.717) is 12.6 Å². The highest BCUT2D eigenvalue weighted by Crippen LogP contribution is 2.28. The molecule has 1 heterocycles. The van der Waals surface area contributed by atoms with Gasteiger partial charge in [0, 0.05) is 38.8 Å². The molecular weight excluding hydrogens is 258 g/mol. The van der Waals surface area contributed by atoms with Crippen molar-refractivity contribution in [1.29, 1.82) is 0 Å². The van der Waals surface area contributed by atoms with Crippen LogP contribution in [0.15, 0.2) is 18.2 Å². The van der Waals surface area contributed by atoms with E-state index in [2.05, 4.69) is 35.8 Å². The third-order valence-corrected chi connectivity index (χ3v) is 4.42. The lowest BCUT2D eigenvalue weighted by atomic mass is 10.1. The summed E-state index contributed by atoms with van der Waals surface area (Å²) >= 11 is 6.36. The molecule has 0 aromatic heterocycles. The maximum Gasteiger partial charge on any atom is 0.0642 e. The molecule has 2 N–H and O–H groups in total. The summed E-state index contributed by atoms with van der Waals surface area (Å²) in [7, 11) is 0. The second-order valence-electron chi connectivity index (χ2n) is 5.27. The number of halogens is 1. The maximum atomic E-state index is 6.36. The monoisotopic (exact) mass is 281 g/mol. The Morgan fingerprint density at radius 2 is 1.95 bits per heavy atom. The molecule has 1 aromatic rings. The van der Waals surface area contributed by atoms with Crippen LogP contribution in [0.2, 0.25) is 5.02 Å². The first-order valence-corrected chi connectivity index (χ1v) is 7.51. The average molecular weight is 282 g/mol. The molecule has 0 saturated carbocycles. The molecule has 106 valence electrons. The molecule has 2 rings (SSSR count). The van der Waals surface area contributed by atoms with Crippen molar-refractivity contribution >= 4 is 17.3 Å². The van der Waals surface area contributed by atoms with Crippen LogP contribution in [0.4, 0.5) is 5.69 Å². The van der Waals surface area contributed by atoms with Crippen molar-refractivity contribution in [3.05, 3.63) is 28.8 Å². The lowest BCUT2D eigenvalue weighted by Gasteiger charge is -2.39. The first-order valence-electron chi connectivity index (χ1n) is 7.13. The molecular formula is C15H24ClN3. The van der Waals surface area contributed by atoms with Gasteiger partial charge in [-0.3, -0.25) is 4.90 Å². The third kappa shape index (κ3) is 3.41. The largest absolute Gasteiger partial charge is 0.368 e. The fourth-order valence-corrected chi connectivity index (χ4v) is 2.92. The van der Waals surface area contributed by atoms with Gasteiger partial charge in [0.1, 0.15) is 0 Å². The first-order chi connectivity index (χ1) is 9.15. The van der Waals surface area contributed by atoms with Crippen LogP contribution in [0.5, 0.6) is 0 Å². The van der Waals surface area contributed by atoms with Gasteiger partial charge in [-0.2, -0.15) is 0 Å². The normalized spacial score (nSPS) is 18.6. The number of piperazine rings is 1. The zero-order chi connectivity index (χ0) is 13.8. The van der Waals surface area contributed by atoms with Crippen LogP contribution < -0.4 is 10.6 Å². The number of hydrogen-bond acceptors (Lipinski definition) is 3. The molecule has 1 saturated heterocycles. The van der Waals surface area contributed by atoms with Crippen LogP contribution in [0.25, 0.3) is 0 Å². The van der Waals surface area contributed by atoms with Crippen LogP contribution >= 0.6 is 11.6 Å². The van der Waals surface area contributed by atoms with Crippen LogP contribution in [0, 0.1) is 0 Å². The van der Waals surface area contributed by atoms with Gasteiger partial charge in [-0.1, -0.05) is 24.6 Å². The van der Waals surface area contributed by atoms with E-state index in [1.54, 1.807) is 0 Å². The van der Waals surface area contributed by atoms with E-state index in [9.17, 15) is 0 Å². The topological polar surface area (TPSA) is 32.5 Å². The summed E-state index contributed by atoms with van der Waals surface area (Å²) in [6.45, 7) is 9.42. The van der Waals surface area contributed by atoms with Crippen molar-refractivity contribution in [1.82, 2.24) is 4.90 Å². The van der Waals surface area contributed by atoms with E-state index < -0.39 is 0 Å². The fraction of sp³-hybridized carbons (Fsp3) is 0.600. The minimum Gasteiger partial charge on any atom is -0.368 e. The zero-order valence-corrected chi connectivity index (χ0v) is 12.7. The van der Waals surface area contributed by atoms with E-state index in [-0.39, 0.29) is 0 Å². The minimum absolute atomic E-state index is 0.543. The van der Waals surface area contributed by atoms with Crippen molar-refractivity contribution in [2.45, 2.75) is 32.9 Å². The molecule has 4 heteroatoms. The standard InChI is InChI=1S/C15H24ClN3/c1-3-12(2)18-6-8-19(9-7-18)15-5-4-13(11-17)10-14(15)16/h4-5,10,12H,3,6-9,11,17H2,1-2H3. The Labute approximate surface area is 121 Å². The van der Waals surface area contributed by atoms with E-state index in [4.69, 9.17) is 17.3 Å². The molecule has 0 aliphatic carbocycles. The third-order valence-electron chi connectivity index (χ3n) is 4.12. The predicted octanol–water partition coefficient (Wildman–Crippen LogP) is 2.72. The molecule has 19 heavy (non-hydrogen) atoms. The van der Waals surface area contributed by atoms with Gasteiger partial charge in [-0.05, 0) is 31.0 Å². The Morgan fingerprint density at radius 1 is 1.26 bits per heavy atom. The van der Waals surface area contributed by atoms with Gasteiger partial charge in [-0.15, -0.1) is 0 Å². The second kappa shape index (κ2) is 6.60. The molecule has 1 aliphatic rings. The van der Waals surface area contributed by atoms with Gasteiger partial charge in [0.25, 0.3) is 0 Å². The predicted molar refractivity (Wildman–Crippen MR) is 82.9 cm³/mol. The number of nitrogens with zero attached hydrogens (tertiary/aromatic N) is 2. The van der Waals surface area contributed by atoms with Gasteiger partial charge < -0.3 is 10.6 Å². The average Bonchev–Trinajstić information content (AvgIpc) is 2.46. The fourth-order valence-electron chi connectivity index (χ4n) is 2.60. The molecule has 1 fully saturated rings. The van der Waals surface area contributed by atoms with Gasteiger partial charge in [-0.25, -0.2) is 0 Å². The van der Waals surface area contributed by atoms with Gasteiger partial charge >= 0.3 is 0 Å². The van der Waals surface area contributed by atoms with Crippen molar-refractivity contribution < 1.29 is 0 Å². The Bertz CT molecular complexity index is 414. The number of nitrogens with two attached hydrogens (primary N) is 1. The molecule has 1 unspecified atom stereocenters. The summed E-state index contributed by atoms with van der Waals surface area (Å²) in [5.41, 5.74) is 7.87. The van der Waals surface area contributed by atoms with E-state index in [1.807, 2.05) is 6.07 Å². The van der Waals surface area contributed by atoms with Crippen LogP contribution in [0.3, 0.4) is 0 Å². The Hall–Kier alpha value is -0.770. The number of anilines is 1. The van der Waals surface area contributed by atoms with E-state index in [0.717, 1.165) is 42.5 Å². The number of benzene rings is 1. The molecule has 0 spiro atoms. The quantitative estimate of drug-likeness (QED) is 0.921. The lowest BCUT2D eigenvalue weighted by Crippen LogP contribution is -2.49. The SMILES string of the molecule is CCC(C)N1CCN(c2ccc(CN)cc2Cl)CC1. The van der Waals surface area contributed by atoms with Crippen molar-refractivity contribution in [3.8, 4) is 0 Å². The highest BCUT2D eigenvalue weighted by atomic mass is 35.5.